The molecule has 17 heavy (non-hydrogen) atoms. The maximum absolute atomic E-state index is 11.6. The maximum atomic E-state index is 11.6. The zero-order valence-electron chi connectivity index (χ0n) is 9.89. The standard InChI is InChI=1S/C12H16N2O2S/c1-2-9-3-4-13-12-11(9)16-7-10-8-17(15)6-5-14(10)12/h3-4,10H,2,5-8H2,1H3. The molecule has 1 aromatic rings. The fraction of sp³-hybridized carbons (Fsp3) is 0.583. The molecule has 3 heterocycles. The van der Waals surface area contributed by atoms with Crippen LogP contribution in [0.4, 0.5) is 5.82 Å². The van der Waals surface area contributed by atoms with E-state index < -0.39 is 10.8 Å². The molecule has 92 valence electrons. The molecule has 0 spiro atoms. The number of fused-ring (bicyclic) bond motifs is 3. The average molecular weight is 252 g/mol. The van der Waals surface area contributed by atoms with Gasteiger partial charge in [-0.3, -0.25) is 4.21 Å². The molecule has 2 aliphatic rings. The minimum atomic E-state index is -0.692. The van der Waals surface area contributed by atoms with Crippen LogP contribution in [0.25, 0.3) is 0 Å². The van der Waals surface area contributed by atoms with Gasteiger partial charge in [0.25, 0.3) is 0 Å². The van der Waals surface area contributed by atoms with Crippen molar-refractivity contribution in [3.63, 3.8) is 0 Å². The van der Waals surface area contributed by atoms with Crippen molar-refractivity contribution < 1.29 is 8.95 Å². The summed E-state index contributed by atoms with van der Waals surface area (Å²) >= 11 is 0. The van der Waals surface area contributed by atoms with Gasteiger partial charge < -0.3 is 9.64 Å². The molecule has 2 atom stereocenters. The number of aromatic nitrogens is 1. The van der Waals surface area contributed by atoms with Gasteiger partial charge in [0.15, 0.2) is 11.6 Å². The van der Waals surface area contributed by atoms with Gasteiger partial charge in [0.2, 0.25) is 0 Å². The van der Waals surface area contributed by atoms with Crippen LogP contribution in [-0.4, -0.2) is 39.9 Å². The van der Waals surface area contributed by atoms with Crippen LogP contribution >= 0.6 is 0 Å². The Morgan fingerprint density at radius 3 is 3.35 bits per heavy atom. The minimum Gasteiger partial charge on any atom is -0.487 e. The molecule has 0 N–H and O–H groups in total. The summed E-state index contributed by atoms with van der Waals surface area (Å²) in [6.07, 6.45) is 2.80. The molecule has 5 heteroatoms. The van der Waals surface area contributed by atoms with Crippen LogP contribution in [0.3, 0.4) is 0 Å². The first-order valence-electron chi connectivity index (χ1n) is 6.02. The number of ether oxygens (including phenoxy) is 1. The maximum Gasteiger partial charge on any atom is 0.172 e. The number of pyridine rings is 1. The highest BCUT2D eigenvalue weighted by atomic mass is 32.2. The monoisotopic (exact) mass is 252 g/mol. The van der Waals surface area contributed by atoms with Gasteiger partial charge in [-0.15, -0.1) is 0 Å². The van der Waals surface area contributed by atoms with Crippen molar-refractivity contribution in [2.75, 3.05) is 29.6 Å². The largest absolute Gasteiger partial charge is 0.487 e. The number of aryl methyl sites for hydroxylation is 1. The molecule has 0 aliphatic carbocycles. The van der Waals surface area contributed by atoms with E-state index in [1.54, 1.807) is 0 Å². The van der Waals surface area contributed by atoms with Crippen molar-refractivity contribution in [2.45, 2.75) is 19.4 Å². The highest BCUT2D eigenvalue weighted by Gasteiger charge is 2.34. The Labute approximate surface area is 103 Å². The van der Waals surface area contributed by atoms with E-state index in [9.17, 15) is 4.21 Å². The molecule has 1 fully saturated rings. The third-order valence-corrected chi connectivity index (χ3v) is 4.81. The van der Waals surface area contributed by atoms with Crippen LogP contribution in [0.5, 0.6) is 5.75 Å². The van der Waals surface area contributed by atoms with Gasteiger partial charge in [0.05, 0.1) is 6.04 Å². The fourth-order valence-electron chi connectivity index (χ4n) is 2.48. The molecule has 2 aliphatic heterocycles. The summed E-state index contributed by atoms with van der Waals surface area (Å²) < 4.78 is 17.4. The Kier molecular flexibility index (Phi) is 2.78. The summed E-state index contributed by atoms with van der Waals surface area (Å²) in [4.78, 5) is 6.70. The third-order valence-electron chi connectivity index (χ3n) is 3.42. The Morgan fingerprint density at radius 1 is 1.65 bits per heavy atom. The summed E-state index contributed by atoms with van der Waals surface area (Å²) in [6, 6.07) is 2.25. The van der Waals surface area contributed by atoms with Gasteiger partial charge in [-0.1, -0.05) is 6.92 Å². The topological polar surface area (TPSA) is 42.4 Å². The van der Waals surface area contributed by atoms with Crippen molar-refractivity contribution >= 4 is 16.6 Å². The first-order valence-corrected chi connectivity index (χ1v) is 7.50. The van der Waals surface area contributed by atoms with E-state index in [1.165, 1.54) is 5.56 Å². The molecule has 3 rings (SSSR count). The van der Waals surface area contributed by atoms with Crippen LogP contribution in [-0.2, 0) is 17.2 Å². The number of hydrogen-bond acceptors (Lipinski definition) is 4. The number of hydrogen-bond donors (Lipinski definition) is 0. The van der Waals surface area contributed by atoms with Crippen LogP contribution in [0, 0.1) is 0 Å². The Balaban J connectivity index is 1.99. The van der Waals surface area contributed by atoms with Crippen molar-refractivity contribution in [1.29, 1.82) is 0 Å². The molecular weight excluding hydrogens is 236 g/mol. The first kappa shape index (κ1) is 11.0. The summed E-state index contributed by atoms with van der Waals surface area (Å²) in [6.45, 7) is 3.58. The highest BCUT2D eigenvalue weighted by Crippen LogP contribution is 2.36. The lowest BCUT2D eigenvalue weighted by Crippen LogP contribution is -2.52. The lowest BCUT2D eigenvalue weighted by molar-refractivity contribution is 0.266. The summed E-state index contributed by atoms with van der Waals surface area (Å²) in [5, 5.41) is 0. The van der Waals surface area contributed by atoms with Gasteiger partial charge in [0.1, 0.15) is 6.61 Å². The molecule has 0 saturated carbocycles. The lowest BCUT2D eigenvalue weighted by atomic mass is 10.1. The Bertz CT molecular complexity index is 464. The van der Waals surface area contributed by atoms with Crippen LogP contribution in [0.1, 0.15) is 12.5 Å². The molecule has 4 nitrogen and oxygen atoms in total. The molecule has 0 aromatic carbocycles. The van der Waals surface area contributed by atoms with E-state index in [2.05, 4.69) is 16.8 Å². The predicted octanol–water partition coefficient (Wildman–Crippen LogP) is 0.974. The number of rotatable bonds is 1. The van der Waals surface area contributed by atoms with Crippen LogP contribution in [0.2, 0.25) is 0 Å². The van der Waals surface area contributed by atoms with E-state index in [0.717, 1.165) is 30.3 Å². The van der Waals surface area contributed by atoms with E-state index >= 15 is 0 Å². The molecule has 0 radical (unpaired) electrons. The van der Waals surface area contributed by atoms with E-state index in [1.807, 2.05) is 12.3 Å². The second-order valence-corrected chi connectivity index (χ2v) is 6.07. The molecule has 1 saturated heterocycles. The predicted molar refractivity (Wildman–Crippen MR) is 68.1 cm³/mol. The van der Waals surface area contributed by atoms with Crippen molar-refractivity contribution in [2.24, 2.45) is 0 Å². The normalized spacial score (nSPS) is 27.0. The smallest absolute Gasteiger partial charge is 0.172 e. The number of anilines is 1. The lowest BCUT2D eigenvalue weighted by Gasteiger charge is -2.40. The third kappa shape index (κ3) is 1.82. The van der Waals surface area contributed by atoms with Crippen molar-refractivity contribution in [3.8, 4) is 5.75 Å². The summed E-state index contributed by atoms with van der Waals surface area (Å²) in [7, 11) is -0.692. The molecular formula is C12H16N2O2S. The summed E-state index contributed by atoms with van der Waals surface area (Å²) in [5.74, 6) is 3.32. The first-order chi connectivity index (χ1) is 8.29. The zero-order valence-corrected chi connectivity index (χ0v) is 10.7. The van der Waals surface area contributed by atoms with E-state index in [0.29, 0.717) is 12.4 Å². The zero-order chi connectivity index (χ0) is 11.8. The minimum absolute atomic E-state index is 0.233. The van der Waals surface area contributed by atoms with Crippen molar-refractivity contribution in [3.05, 3.63) is 17.8 Å². The highest BCUT2D eigenvalue weighted by molar-refractivity contribution is 7.85. The number of nitrogens with zero attached hydrogens (tertiary/aromatic N) is 2. The second-order valence-electron chi connectivity index (χ2n) is 4.45. The van der Waals surface area contributed by atoms with E-state index in [-0.39, 0.29) is 6.04 Å². The van der Waals surface area contributed by atoms with Gasteiger partial charge in [-0.25, -0.2) is 4.98 Å². The van der Waals surface area contributed by atoms with Crippen molar-refractivity contribution in [1.82, 2.24) is 4.98 Å². The van der Waals surface area contributed by atoms with Gasteiger partial charge in [-0.2, -0.15) is 0 Å². The SMILES string of the molecule is CCc1ccnc2c1OCC1CS(=O)CCN21. The molecule has 0 amide bonds. The molecule has 0 bridgehead atoms. The van der Waals surface area contributed by atoms with Crippen LogP contribution in [0.15, 0.2) is 12.3 Å². The molecule has 2 unspecified atom stereocenters. The second kappa shape index (κ2) is 4.29. The van der Waals surface area contributed by atoms with Gasteiger partial charge in [0, 0.05) is 35.0 Å². The average Bonchev–Trinajstić information content (AvgIpc) is 2.37. The fourth-order valence-corrected chi connectivity index (χ4v) is 3.76. The van der Waals surface area contributed by atoms with Crippen LogP contribution < -0.4 is 9.64 Å². The quantitative estimate of drug-likeness (QED) is 0.747. The van der Waals surface area contributed by atoms with E-state index in [4.69, 9.17) is 4.74 Å². The van der Waals surface area contributed by atoms with Gasteiger partial charge >= 0.3 is 0 Å². The van der Waals surface area contributed by atoms with Gasteiger partial charge in [-0.05, 0) is 18.1 Å². The summed E-state index contributed by atoms with van der Waals surface area (Å²) in [5.41, 5.74) is 1.21. The Hall–Kier alpha value is -1.10. The molecule has 1 aromatic heterocycles. The Morgan fingerprint density at radius 2 is 2.53 bits per heavy atom.